The normalized spacial score (nSPS) is 11.0. The molecule has 0 aliphatic heterocycles. The molecule has 0 unspecified atom stereocenters. The monoisotopic (exact) mass is 360 g/mol. The number of nitrogens with one attached hydrogen (secondary N) is 1. The van der Waals surface area contributed by atoms with Crippen LogP contribution in [0.4, 0.5) is 0 Å². The van der Waals surface area contributed by atoms with E-state index in [0.29, 0.717) is 15.9 Å². The summed E-state index contributed by atoms with van der Waals surface area (Å²) < 4.78 is 0. The summed E-state index contributed by atoms with van der Waals surface area (Å²) in [6.07, 6.45) is -0.00422. The lowest BCUT2D eigenvalue weighted by molar-refractivity contribution is 0.0995. The Bertz CT molecular complexity index is 1160. The van der Waals surface area contributed by atoms with Crippen LogP contribution in [0.2, 0.25) is 0 Å². The zero-order chi connectivity index (χ0) is 18.1. The summed E-state index contributed by atoms with van der Waals surface area (Å²) in [7, 11) is 0. The van der Waals surface area contributed by atoms with Gasteiger partial charge in [0.1, 0.15) is 5.69 Å². The van der Waals surface area contributed by atoms with Crippen LogP contribution in [0.3, 0.4) is 0 Å². The van der Waals surface area contributed by atoms with Crippen molar-refractivity contribution >= 4 is 28.2 Å². The van der Waals surface area contributed by atoms with Crippen molar-refractivity contribution in [1.82, 2.24) is 9.97 Å². The fourth-order valence-electron chi connectivity index (χ4n) is 2.92. The molecule has 5 heteroatoms. The summed E-state index contributed by atoms with van der Waals surface area (Å²) >= 11 is 1.46. The molecule has 0 bridgehead atoms. The van der Waals surface area contributed by atoms with Crippen molar-refractivity contribution in [3.63, 3.8) is 0 Å². The predicted octanol–water partition coefficient (Wildman–Crippen LogP) is 4.39. The molecule has 0 amide bonds. The van der Waals surface area contributed by atoms with Gasteiger partial charge in [-0.25, -0.2) is 4.98 Å². The van der Waals surface area contributed by atoms with Crippen LogP contribution in [0.1, 0.15) is 20.9 Å². The minimum atomic E-state index is -0.311. The highest BCUT2D eigenvalue weighted by Crippen LogP contribution is 2.31. The molecule has 4 nitrogen and oxygen atoms in total. The lowest BCUT2D eigenvalue weighted by Crippen LogP contribution is -2.18. The summed E-state index contributed by atoms with van der Waals surface area (Å²) in [6.45, 7) is 1.92. The highest BCUT2D eigenvalue weighted by atomic mass is 32.1. The smallest absolute Gasteiger partial charge is 0.270 e. The van der Waals surface area contributed by atoms with Crippen LogP contribution in [-0.2, 0) is 6.42 Å². The predicted molar refractivity (Wildman–Crippen MR) is 105 cm³/mol. The lowest BCUT2D eigenvalue weighted by atomic mass is 10.1. The van der Waals surface area contributed by atoms with Gasteiger partial charge < -0.3 is 4.98 Å². The number of thiophene rings is 1. The lowest BCUT2D eigenvalue weighted by Gasteiger charge is -2.02. The van der Waals surface area contributed by atoms with Crippen molar-refractivity contribution in [2.75, 3.05) is 0 Å². The zero-order valence-corrected chi connectivity index (χ0v) is 15.0. The van der Waals surface area contributed by atoms with Gasteiger partial charge in [0.15, 0.2) is 5.78 Å². The molecule has 0 aliphatic rings. The molecule has 0 fully saturated rings. The van der Waals surface area contributed by atoms with E-state index >= 15 is 0 Å². The largest absolute Gasteiger partial charge is 0.319 e. The maximum atomic E-state index is 12.8. The molecule has 26 heavy (non-hydrogen) atoms. The molecule has 2 aromatic heterocycles. The Hall–Kier alpha value is -3.05. The number of fused-ring (bicyclic) bond motifs is 1. The fraction of sp³-hybridized carbons (Fsp3) is 0.0952. The first-order chi connectivity index (χ1) is 12.6. The van der Waals surface area contributed by atoms with Gasteiger partial charge in [-0.1, -0.05) is 42.5 Å². The van der Waals surface area contributed by atoms with Crippen LogP contribution in [0.15, 0.2) is 65.5 Å². The van der Waals surface area contributed by atoms with Crippen molar-refractivity contribution in [2.24, 2.45) is 0 Å². The average molecular weight is 360 g/mol. The number of aryl methyl sites for hydroxylation is 1. The van der Waals surface area contributed by atoms with Crippen molar-refractivity contribution in [3.05, 3.63) is 87.2 Å². The van der Waals surface area contributed by atoms with Crippen LogP contribution >= 0.6 is 11.3 Å². The topological polar surface area (TPSA) is 62.8 Å². The van der Waals surface area contributed by atoms with Gasteiger partial charge in [0, 0.05) is 4.88 Å². The maximum Gasteiger partial charge on any atom is 0.270 e. The number of nitrogens with zero attached hydrogens (tertiary/aromatic N) is 1. The number of aromatic amines is 1. The summed E-state index contributed by atoms with van der Waals surface area (Å²) in [5.74, 6) is -0.0806. The van der Waals surface area contributed by atoms with Crippen LogP contribution in [0, 0.1) is 6.92 Å². The number of carbonyl (C=O) groups is 1. The van der Waals surface area contributed by atoms with Crippen molar-refractivity contribution in [1.29, 1.82) is 0 Å². The third-order valence-corrected chi connectivity index (χ3v) is 5.55. The number of para-hydroxylation sites is 2. The van der Waals surface area contributed by atoms with E-state index in [4.69, 9.17) is 0 Å². The van der Waals surface area contributed by atoms with Crippen LogP contribution in [-0.4, -0.2) is 15.8 Å². The highest BCUT2D eigenvalue weighted by molar-refractivity contribution is 7.17. The molecule has 0 saturated carbocycles. The van der Waals surface area contributed by atoms with Crippen molar-refractivity contribution in [3.8, 4) is 10.4 Å². The number of H-pyrrole nitrogens is 1. The number of Topliss-reactive ketones (excluding diaryl/α,β-unsaturated/α-hetero) is 1. The maximum absolute atomic E-state index is 12.8. The van der Waals surface area contributed by atoms with Gasteiger partial charge in [-0.3, -0.25) is 9.59 Å². The van der Waals surface area contributed by atoms with E-state index < -0.39 is 0 Å². The first-order valence-electron chi connectivity index (χ1n) is 8.29. The average Bonchev–Trinajstić information content (AvgIpc) is 3.05. The van der Waals surface area contributed by atoms with Crippen molar-refractivity contribution in [2.45, 2.75) is 13.3 Å². The minimum Gasteiger partial charge on any atom is -0.319 e. The quantitative estimate of drug-likeness (QED) is 0.549. The first kappa shape index (κ1) is 16.4. The number of carbonyl (C=O) groups excluding carboxylic acids is 1. The Morgan fingerprint density at radius 3 is 2.62 bits per heavy atom. The number of hydrogen-bond donors (Lipinski definition) is 1. The molecule has 0 saturated heterocycles. The standard InChI is InChI=1S/C21H16N2O2S/c1-13-11-19(14-7-3-2-4-8-14)26-20(13)18(24)12-17-21(25)23-16-10-6-5-9-15(16)22-17/h2-11H,12H2,1H3,(H,23,25). The van der Waals surface area contributed by atoms with E-state index in [1.807, 2.05) is 61.5 Å². The second kappa shape index (κ2) is 6.69. The number of aromatic nitrogens is 2. The van der Waals surface area contributed by atoms with E-state index in [0.717, 1.165) is 16.0 Å². The Labute approximate surface area is 154 Å². The summed E-state index contributed by atoms with van der Waals surface area (Å²) in [6, 6.07) is 19.3. The molecular weight excluding hydrogens is 344 g/mol. The SMILES string of the molecule is Cc1cc(-c2ccccc2)sc1C(=O)Cc1nc2ccccc2[nH]c1=O. The van der Waals surface area contributed by atoms with E-state index in [-0.39, 0.29) is 23.5 Å². The Balaban J connectivity index is 1.66. The number of rotatable bonds is 4. The second-order valence-corrected chi connectivity index (χ2v) is 7.17. The Kier molecular flexibility index (Phi) is 4.22. The van der Waals surface area contributed by atoms with Crippen LogP contribution < -0.4 is 5.56 Å². The van der Waals surface area contributed by atoms with Gasteiger partial charge >= 0.3 is 0 Å². The molecule has 128 valence electrons. The van der Waals surface area contributed by atoms with Gasteiger partial charge in [-0.05, 0) is 36.2 Å². The van der Waals surface area contributed by atoms with Crippen LogP contribution in [0.5, 0.6) is 0 Å². The summed E-state index contributed by atoms with van der Waals surface area (Å²) in [5, 5.41) is 0. The minimum absolute atomic E-state index is 0.00422. The number of ketones is 1. The van der Waals surface area contributed by atoms with Gasteiger partial charge in [-0.15, -0.1) is 11.3 Å². The molecule has 1 N–H and O–H groups in total. The van der Waals surface area contributed by atoms with Gasteiger partial charge in [0.2, 0.25) is 0 Å². The third-order valence-electron chi connectivity index (χ3n) is 4.23. The van der Waals surface area contributed by atoms with Gasteiger partial charge in [-0.2, -0.15) is 0 Å². The summed E-state index contributed by atoms with van der Waals surface area (Å²) in [4.78, 5) is 33.9. The van der Waals surface area contributed by atoms with Gasteiger partial charge in [0.05, 0.1) is 22.3 Å². The molecule has 0 aliphatic carbocycles. The van der Waals surface area contributed by atoms with Crippen LogP contribution in [0.25, 0.3) is 21.5 Å². The summed E-state index contributed by atoms with van der Waals surface area (Å²) in [5.41, 5.74) is 3.31. The molecule has 0 atom stereocenters. The van der Waals surface area contributed by atoms with E-state index in [1.165, 1.54) is 11.3 Å². The molecule has 2 aromatic carbocycles. The molecule has 2 heterocycles. The zero-order valence-electron chi connectivity index (χ0n) is 14.2. The van der Waals surface area contributed by atoms with E-state index in [2.05, 4.69) is 9.97 Å². The number of hydrogen-bond acceptors (Lipinski definition) is 4. The molecular formula is C21H16N2O2S. The van der Waals surface area contributed by atoms with Crippen molar-refractivity contribution < 1.29 is 4.79 Å². The highest BCUT2D eigenvalue weighted by Gasteiger charge is 2.17. The molecule has 4 rings (SSSR count). The molecule has 0 radical (unpaired) electrons. The Morgan fingerprint density at radius 2 is 1.81 bits per heavy atom. The Morgan fingerprint density at radius 1 is 1.08 bits per heavy atom. The second-order valence-electron chi connectivity index (χ2n) is 6.12. The van der Waals surface area contributed by atoms with E-state index in [1.54, 1.807) is 6.07 Å². The third kappa shape index (κ3) is 3.09. The number of benzene rings is 2. The van der Waals surface area contributed by atoms with E-state index in [9.17, 15) is 9.59 Å². The molecule has 0 spiro atoms. The molecule has 4 aromatic rings. The van der Waals surface area contributed by atoms with Gasteiger partial charge in [0.25, 0.3) is 5.56 Å². The fourth-order valence-corrected chi connectivity index (χ4v) is 4.04. The first-order valence-corrected chi connectivity index (χ1v) is 9.10.